The first kappa shape index (κ1) is 17.9. The van der Waals surface area contributed by atoms with Crippen LogP contribution in [0.4, 0.5) is 13.2 Å². The van der Waals surface area contributed by atoms with Crippen molar-refractivity contribution in [3.05, 3.63) is 51.7 Å². The lowest BCUT2D eigenvalue weighted by Crippen LogP contribution is -2.17. The van der Waals surface area contributed by atoms with Crippen LogP contribution in [0.2, 0.25) is 0 Å². The number of aliphatic hydroxyl groups is 1. The fourth-order valence-electron chi connectivity index (χ4n) is 2.69. The third-order valence-corrected chi connectivity index (χ3v) is 3.87. The summed E-state index contributed by atoms with van der Waals surface area (Å²) < 4.78 is 42.1. The van der Waals surface area contributed by atoms with Crippen LogP contribution in [-0.4, -0.2) is 31.2 Å². The summed E-state index contributed by atoms with van der Waals surface area (Å²) in [4.78, 5) is 19.0. The summed E-state index contributed by atoms with van der Waals surface area (Å²) in [6.07, 6.45) is -4.76. The molecule has 0 saturated carbocycles. The summed E-state index contributed by atoms with van der Waals surface area (Å²) in [5.41, 5.74) is 0.688. The van der Waals surface area contributed by atoms with Crippen molar-refractivity contribution in [2.75, 3.05) is 0 Å². The molecule has 1 aromatic carbocycles. The molecule has 0 saturated heterocycles. The van der Waals surface area contributed by atoms with Crippen LogP contribution in [0.5, 0.6) is 5.75 Å². The van der Waals surface area contributed by atoms with Crippen molar-refractivity contribution in [3.63, 3.8) is 0 Å². The maximum atomic E-state index is 12.3. The normalized spacial score (nSPS) is 13.2. The number of nitrogens with zero attached hydrogens (tertiary/aromatic N) is 3. The van der Waals surface area contributed by atoms with Crippen LogP contribution in [0.1, 0.15) is 30.0 Å². The molecule has 138 valence electrons. The predicted molar refractivity (Wildman–Crippen MR) is 85.7 cm³/mol. The number of alkyl halides is 3. The van der Waals surface area contributed by atoms with E-state index < -0.39 is 24.6 Å². The highest BCUT2D eigenvalue weighted by Crippen LogP contribution is 2.27. The molecule has 7 nitrogen and oxygen atoms in total. The minimum absolute atomic E-state index is 0.178. The second kappa shape index (κ2) is 6.45. The summed E-state index contributed by atoms with van der Waals surface area (Å²) in [7, 11) is 0. The van der Waals surface area contributed by atoms with Crippen LogP contribution in [0.25, 0.3) is 11.0 Å². The molecule has 3 rings (SSSR count). The first-order chi connectivity index (χ1) is 12.2. The molecule has 2 N–H and O–H groups in total. The Kier molecular flexibility index (Phi) is 4.45. The molecule has 0 fully saturated rings. The molecule has 0 aliphatic heterocycles. The van der Waals surface area contributed by atoms with Crippen molar-refractivity contribution in [3.8, 4) is 5.75 Å². The van der Waals surface area contributed by atoms with Crippen molar-refractivity contribution in [2.45, 2.75) is 32.9 Å². The molecular weight excluding hydrogens is 353 g/mol. The second-order valence-corrected chi connectivity index (χ2v) is 5.69. The lowest BCUT2D eigenvalue weighted by atomic mass is 10.1. The number of aryl methyl sites for hydroxylation is 1. The third-order valence-electron chi connectivity index (χ3n) is 3.87. The van der Waals surface area contributed by atoms with E-state index >= 15 is 0 Å². The van der Waals surface area contributed by atoms with Crippen molar-refractivity contribution in [1.29, 1.82) is 0 Å². The summed E-state index contributed by atoms with van der Waals surface area (Å²) in [6.45, 7) is 2.93. The highest BCUT2D eigenvalue weighted by Gasteiger charge is 2.31. The largest absolute Gasteiger partial charge is 0.573 e. The van der Waals surface area contributed by atoms with Gasteiger partial charge >= 0.3 is 6.36 Å². The quantitative estimate of drug-likeness (QED) is 0.738. The standard InChI is InChI=1S/C16H15F3N4O3/c1-8(10-3-5-11(6-4-10)26-16(17,18)19)23-14-13(12(7-24)22-23)15(25)21-9(2)20-14/h3-6,8,24H,7H2,1-2H3,(H,20,21,25)/t8-/m0/s1. The average molecular weight is 368 g/mol. The molecule has 1 atom stereocenters. The van der Waals surface area contributed by atoms with E-state index in [1.54, 1.807) is 13.8 Å². The van der Waals surface area contributed by atoms with E-state index in [2.05, 4.69) is 19.8 Å². The van der Waals surface area contributed by atoms with Crippen LogP contribution in [0.15, 0.2) is 29.1 Å². The highest BCUT2D eigenvalue weighted by molar-refractivity contribution is 5.77. The van der Waals surface area contributed by atoms with E-state index in [9.17, 15) is 23.1 Å². The van der Waals surface area contributed by atoms with Crippen LogP contribution < -0.4 is 10.3 Å². The number of nitrogens with one attached hydrogen (secondary N) is 1. The fraction of sp³-hybridized carbons (Fsp3) is 0.312. The molecule has 2 heterocycles. The van der Waals surface area contributed by atoms with Crippen LogP contribution in [0, 0.1) is 6.92 Å². The first-order valence-corrected chi connectivity index (χ1v) is 7.64. The van der Waals surface area contributed by atoms with Gasteiger partial charge in [-0.25, -0.2) is 9.67 Å². The lowest BCUT2D eigenvalue weighted by Gasteiger charge is -2.15. The molecule has 26 heavy (non-hydrogen) atoms. The second-order valence-electron chi connectivity index (χ2n) is 5.69. The van der Waals surface area contributed by atoms with Gasteiger partial charge in [0.1, 0.15) is 22.7 Å². The number of benzene rings is 1. The zero-order valence-electron chi connectivity index (χ0n) is 13.8. The molecule has 3 aromatic rings. The van der Waals surface area contributed by atoms with Gasteiger partial charge in [-0.15, -0.1) is 13.2 Å². The number of halogens is 3. The SMILES string of the molecule is Cc1nc2c(c(CO)nn2[C@@H](C)c2ccc(OC(F)(F)F)cc2)c(=O)[nH]1. The van der Waals surface area contributed by atoms with Crippen LogP contribution in [0.3, 0.4) is 0 Å². The molecule has 10 heteroatoms. The Balaban J connectivity index is 2.02. The molecular formula is C16H15F3N4O3. The smallest absolute Gasteiger partial charge is 0.406 e. The Morgan fingerprint density at radius 2 is 1.96 bits per heavy atom. The van der Waals surface area contributed by atoms with Crippen LogP contribution in [-0.2, 0) is 6.61 Å². The van der Waals surface area contributed by atoms with Gasteiger partial charge in [-0.2, -0.15) is 5.10 Å². The maximum Gasteiger partial charge on any atom is 0.573 e. The molecule has 0 spiro atoms. The first-order valence-electron chi connectivity index (χ1n) is 7.64. The Labute approximate surface area is 145 Å². The summed E-state index contributed by atoms with van der Waals surface area (Å²) in [5, 5.41) is 13.9. The van der Waals surface area contributed by atoms with Gasteiger partial charge in [-0.1, -0.05) is 12.1 Å². The number of ether oxygens (including phenoxy) is 1. The Bertz CT molecular complexity index is 993. The van der Waals surface area contributed by atoms with Gasteiger partial charge in [0.25, 0.3) is 5.56 Å². The van der Waals surface area contributed by atoms with Gasteiger partial charge < -0.3 is 14.8 Å². The van der Waals surface area contributed by atoms with Crippen LogP contribution >= 0.6 is 0 Å². The lowest BCUT2D eigenvalue weighted by molar-refractivity contribution is -0.274. The number of aromatic amines is 1. The zero-order valence-corrected chi connectivity index (χ0v) is 13.8. The molecule has 0 aliphatic carbocycles. The Hall–Kier alpha value is -2.88. The van der Waals surface area contributed by atoms with Gasteiger partial charge in [0.05, 0.1) is 12.6 Å². The molecule has 0 aliphatic rings. The molecule has 0 amide bonds. The number of hydrogen-bond acceptors (Lipinski definition) is 5. The minimum atomic E-state index is -4.76. The number of H-pyrrole nitrogens is 1. The number of aliphatic hydroxyl groups excluding tert-OH is 1. The number of rotatable bonds is 4. The molecule has 0 bridgehead atoms. The van der Waals surface area contributed by atoms with Crippen molar-refractivity contribution in [2.24, 2.45) is 0 Å². The van der Waals surface area contributed by atoms with E-state index in [0.717, 1.165) is 0 Å². The third kappa shape index (κ3) is 3.40. The van der Waals surface area contributed by atoms with E-state index in [4.69, 9.17) is 0 Å². The number of hydrogen-bond donors (Lipinski definition) is 2. The van der Waals surface area contributed by atoms with Gasteiger partial charge in [-0.05, 0) is 31.5 Å². The molecule has 0 unspecified atom stereocenters. The van der Waals surface area contributed by atoms with Crippen molar-refractivity contribution in [1.82, 2.24) is 19.7 Å². The summed E-state index contributed by atoms with van der Waals surface area (Å²) in [5.74, 6) is 0.0505. The number of aromatic nitrogens is 4. The van der Waals surface area contributed by atoms with E-state index in [-0.39, 0.29) is 16.8 Å². The Morgan fingerprint density at radius 3 is 2.54 bits per heavy atom. The van der Waals surface area contributed by atoms with Gasteiger partial charge in [-0.3, -0.25) is 4.79 Å². The molecule has 0 radical (unpaired) electrons. The minimum Gasteiger partial charge on any atom is -0.406 e. The predicted octanol–water partition coefficient (Wildman–Crippen LogP) is 2.43. The van der Waals surface area contributed by atoms with Gasteiger partial charge in [0.15, 0.2) is 5.65 Å². The van der Waals surface area contributed by atoms with Crippen molar-refractivity contribution < 1.29 is 23.0 Å². The highest BCUT2D eigenvalue weighted by atomic mass is 19.4. The summed E-state index contributed by atoms with van der Waals surface area (Å²) in [6, 6.07) is 4.90. The zero-order chi connectivity index (χ0) is 19.1. The number of fused-ring (bicyclic) bond motifs is 1. The monoisotopic (exact) mass is 368 g/mol. The van der Waals surface area contributed by atoms with Gasteiger partial charge in [0.2, 0.25) is 0 Å². The Morgan fingerprint density at radius 1 is 1.31 bits per heavy atom. The summed E-state index contributed by atoms with van der Waals surface area (Å²) >= 11 is 0. The average Bonchev–Trinajstić information content (AvgIpc) is 2.92. The van der Waals surface area contributed by atoms with Gasteiger partial charge in [0, 0.05) is 0 Å². The van der Waals surface area contributed by atoms with Crippen molar-refractivity contribution >= 4 is 11.0 Å². The topological polar surface area (TPSA) is 93.0 Å². The van der Waals surface area contributed by atoms with E-state index in [1.807, 2.05) is 0 Å². The molecule has 2 aromatic heterocycles. The van der Waals surface area contributed by atoms with E-state index in [1.165, 1.54) is 28.9 Å². The fourth-order valence-corrected chi connectivity index (χ4v) is 2.69. The maximum absolute atomic E-state index is 12.3. The van der Waals surface area contributed by atoms with E-state index in [0.29, 0.717) is 17.0 Å².